The Morgan fingerprint density at radius 3 is 2.89 bits per heavy atom. The summed E-state index contributed by atoms with van der Waals surface area (Å²) in [5.41, 5.74) is 0.766. The normalized spacial score (nSPS) is 10.3. The molecule has 1 aromatic heterocycles. The number of amides is 1. The summed E-state index contributed by atoms with van der Waals surface area (Å²) >= 11 is 3.20. The van der Waals surface area contributed by atoms with Crippen LogP contribution in [0.25, 0.3) is 0 Å². The molecule has 0 aliphatic heterocycles. The SMILES string of the molecule is O=C(Nc1cc(Br)ccc1F)c1ccnc(CO)c1. The monoisotopic (exact) mass is 324 g/mol. The lowest BCUT2D eigenvalue weighted by Crippen LogP contribution is -2.13. The predicted octanol–water partition coefficient (Wildman–Crippen LogP) is 2.73. The van der Waals surface area contributed by atoms with E-state index in [1.54, 1.807) is 6.07 Å². The number of nitrogens with zero attached hydrogens (tertiary/aromatic N) is 1. The first-order valence-electron chi connectivity index (χ1n) is 5.42. The first-order valence-corrected chi connectivity index (χ1v) is 6.21. The van der Waals surface area contributed by atoms with Crippen LogP contribution in [0.4, 0.5) is 10.1 Å². The molecule has 0 unspecified atom stereocenters. The summed E-state index contributed by atoms with van der Waals surface area (Å²) in [5.74, 6) is -0.984. The van der Waals surface area contributed by atoms with Crippen molar-refractivity contribution >= 4 is 27.5 Å². The average Bonchev–Trinajstić information content (AvgIpc) is 2.43. The van der Waals surface area contributed by atoms with Crippen LogP contribution in [0.3, 0.4) is 0 Å². The maximum Gasteiger partial charge on any atom is 0.255 e. The Kier molecular flexibility index (Phi) is 4.24. The summed E-state index contributed by atoms with van der Waals surface area (Å²) in [5, 5.41) is 11.4. The number of nitrogens with one attached hydrogen (secondary N) is 1. The van der Waals surface area contributed by atoms with Gasteiger partial charge in [-0.1, -0.05) is 15.9 Å². The number of hydrogen-bond donors (Lipinski definition) is 2. The molecule has 2 rings (SSSR count). The van der Waals surface area contributed by atoms with Gasteiger partial charge in [0.25, 0.3) is 5.91 Å². The number of aliphatic hydroxyl groups excluding tert-OH is 1. The second kappa shape index (κ2) is 5.90. The molecule has 1 aromatic carbocycles. The summed E-state index contributed by atoms with van der Waals surface area (Å²) in [6.45, 7) is -0.258. The van der Waals surface area contributed by atoms with Crippen LogP contribution >= 0.6 is 15.9 Å². The minimum Gasteiger partial charge on any atom is -0.390 e. The van der Waals surface area contributed by atoms with Gasteiger partial charge in [0, 0.05) is 16.2 Å². The van der Waals surface area contributed by atoms with Crippen molar-refractivity contribution in [1.82, 2.24) is 4.98 Å². The van der Waals surface area contributed by atoms with E-state index in [1.165, 1.54) is 30.5 Å². The largest absolute Gasteiger partial charge is 0.390 e. The molecule has 2 N–H and O–H groups in total. The average molecular weight is 325 g/mol. The zero-order valence-electron chi connectivity index (χ0n) is 9.73. The van der Waals surface area contributed by atoms with Crippen LogP contribution in [-0.2, 0) is 6.61 Å². The first-order chi connectivity index (χ1) is 9.10. The number of pyridine rings is 1. The molecular weight excluding hydrogens is 315 g/mol. The zero-order valence-corrected chi connectivity index (χ0v) is 11.3. The number of carbonyl (C=O) groups is 1. The van der Waals surface area contributed by atoms with E-state index in [-0.39, 0.29) is 12.3 Å². The summed E-state index contributed by atoms with van der Waals surface area (Å²) in [6.07, 6.45) is 1.41. The zero-order chi connectivity index (χ0) is 13.8. The van der Waals surface area contributed by atoms with Crippen LogP contribution in [0.5, 0.6) is 0 Å². The lowest BCUT2D eigenvalue weighted by molar-refractivity contribution is 0.102. The Balaban J connectivity index is 2.22. The van der Waals surface area contributed by atoms with Crippen molar-refractivity contribution in [3.63, 3.8) is 0 Å². The molecule has 98 valence electrons. The van der Waals surface area contributed by atoms with Crippen LogP contribution in [0.1, 0.15) is 16.1 Å². The van der Waals surface area contributed by atoms with Gasteiger partial charge in [-0.3, -0.25) is 9.78 Å². The van der Waals surface area contributed by atoms with Crippen molar-refractivity contribution in [2.24, 2.45) is 0 Å². The van der Waals surface area contributed by atoms with Gasteiger partial charge in [-0.15, -0.1) is 0 Å². The van der Waals surface area contributed by atoms with Crippen molar-refractivity contribution in [3.05, 3.63) is 58.1 Å². The van der Waals surface area contributed by atoms with Crippen molar-refractivity contribution in [2.45, 2.75) is 6.61 Å². The van der Waals surface area contributed by atoms with Gasteiger partial charge in [-0.25, -0.2) is 4.39 Å². The van der Waals surface area contributed by atoms with E-state index >= 15 is 0 Å². The molecule has 0 bridgehead atoms. The number of rotatable bonds is 3. The molecule has 0 radical (unpaired) electrons. The molecule has 1 amide bonds. The van der Waals surface area contributed by atoms with Gasteiger partial charge < -0.3 is 10.4 Å². The molecule has 1 heterocycles. The van der Waals surface area contributed by atoms with E-state index in [9.17, 15) is 9.18 Å². The van der Waals surface area contributed by atoms with E-state index in [1.807, 2.05) is 0 Å². The summed E-state index contributed by atoms with van der Waals surface area (Å²) in [7, 11) is 0. The second-order valence-electron chi connectivity index (χ2n) is 3.77. The third kappa shape index (κ3) is 3.36. The lowest BCUT2D eigenvalue weighted by Gasteiger charge is -2.07. The third-order valence-electron chi connectivity index (χ3n) is 2.42. The number of benzene rings is 1. The molecule has 4 nitrogen and oxygen atoms in total. The van der Waals surface area contributed by atoms with Crippen LogP contribution in [0, 0.1) is 5.82 Å². The lowest BCUT2D eigenvalue weighted by atomic mass is 10.2. The summed E-state index contributed by atoms with van der Waals surface area (Å²) in [4.78, 5) is 15.8. The highest BCUT2D eigenvalue weighted by atomic mass is 79.9. The molecule has 0 spiro atoms. The molecule has 0 saturated heterocycles. The summed E-state index contributed by atoms with van der Waals surface area (Å²) < 4.78 is 14.2. The van der Waals surface area contributed by atoms with Gasteiger partial charge in [0.05, 0.1) is 18.0 Å². The van der Waals surface area contributed by atoms with Gasteiger partial charge in [-0.2, -0.15) is 0 Å². The van der Waals surface area contributed by atoms with Crippen LogP contribution < -0.4 is 5.32 Å². The number of aliphatic hydroxyl groups is 1. The van der Waals surface area contributed by atoms with E-state index in [2.05, 4.69) is 26.2 Å². The number of halogens is 2. The highest BCUT2D eigenvalue weighted by molar-refractivity contribution is 9.10. The minimum atomic E-state index is -0.520. The molecule has 0 aliphatic rings. The van der Waals surface area contributed by atoms with Gasteiger partial charge in [0.15, 0.2) is 0 Å². The molecule has 0 aliphatic carbocycles. The molecule has 2 aromatic rings. The highest BCUT2D eigenvalue weighted by Gasteiger charge is 2.10. The van der Waals surface area contributed by atoms with Crippen LogP contribution in [-0.4, -0.2) is 16.0 Å². The molecule has 6 heteroatoms. The quantitative estimate of drug-likeness (QED) is 0.912. The maximum atomic E-state index is 13.5. The Labute approximate surface area is 117 Å². The topological polar surface area (TPSA) is 62.2 Å². The van der Waals surface area contributed by atoms with Crippen LogP contribution in [0.15, 0.2) is 41.0 Å². The Hall–Kier alpha value is -1.79. The van der Waals surface area contributed by atoms with Crippen molar-refractivity contribution in [3.8, 4) is 0 Å². The number of carbonyl (C=O) groups excluding carboxylic acids is 1. The van der Waals surface area contributed by atoms with E-state index < -0.39 is 11.7 Å². The maximum absolute atomic E-state index is 13.5. The van der Waals surface area contributed by atoms with Gasteiger partial charge >= 0.3 is 0 Å². The van der Waals surface area contributed by atoms with Crippen molar-refractivity contribution in [1.29, 1.82) is 0 Å². The Bertz CT molecular complexity index is 619. The Morgan fingerprint density at radius 1 is 1.37 bits per heavy atom. The minimum absolute atomic E-state index is 0.0849. The van der Waals surface area contributed by atoms with Crippen LogP contribution in [0.2, 0.25) is 0 Å². The fourth-order valence-electron chi connectivity index (χ4n) is 1.49. The molecule has 19 heavy (non-hydrogen) atoms. The van der Waals surface area contributed by atoms with Gasteiger partial charge in [-0.05, 0) is 30.3 Å². The van der Waals surface area contributed by atoms with E-state index in [4.69, 9.17) is 5.11 Å². The Morgan fingerprint density at radius 2 is 2.16 bits per heavy atom. The third-order valence-corrected chi connectivity index (χ3v) is 2.91. The van der Waals surface area contributed by atoms with Crippen molar-refractivity contribution < 1.29 is 14.3 Å². The number of aromatic nitrogens is 1. The highest BCUT2D eigenvalue weighted by Crippen LogP contribution is 2.20. The standard InChI is InChI=1S/C13H10BrFN2O2/c14-9-1-2-11(15)12(6-9)17-13(19)8-3-4-16-10(5-8)7-18/h1-6,18H,7H2,(H,17,19). The molecule has 0 fully saturated rings. The first kappa shape index (κ1) is 13.6. The molecule has 0 saturated carbocycles. The smallest absolute Gasteiger partial charge is 0.255 e. The van der Waals surface area contributed by atoms with Crippen molar-refractivity contribution in [2.75, 3.05) is 5.32 Å². The number of anilines is 1. The van der Waals surface area contributed by atoms with Gasteiger partial charge in [0.2, 0.25) is 0 Å². The molecule has 0 atom stereocenters. The predicted molar refractivity (Wildman–Crippen MR) is 72.2 cm³/mol. The number of hydrogen-bond acceptors (Lipinski definition) is 3. The fraction of sp³-hybridized carbons (Fsp3) is 0.0769. The van der Waals surface area contributed by atoms with E-state index in [0.29, 0.717) is 15.7 Å². The fourth-order valence-corrected chi connectivity index (χ4v) is 1.85. The summed E-state index contributed by atoms with van der Waals surface area (Å²) in [6, 6.07) is 7.21. The van der Waals surface area contributed by atoms with Gasteiger partial charge in [0.1, 0.15) is 5.82 Å². The van der Waals surface area contributed by atoms with E-state index in [0.717, 1.165) is 0 Å². The molecular formula is C13H10BrFN2O2. The second-order valence-corrected chi connectivity index (χ2v) is 4.69.